The first kappa shape index (κ1) is 9.98. The highest BCUT2D eigenvalue weighted by molar-refractivity contribution is 7.96. The Hall–Kier alpha value is -0.0200. The van der Waals surface area contributed by atoms with Crippen molar-refractivity contribution < 1.29 is 4.79 Å². The van der Waals surface area contributed by atoms with E-state index >= 15 is 0 Å². The fourth-order valence-electron chi connectivity index (χ4n) is 0.776. The second-order valence-electron chi connectivity index (χ2n) is 2.27. The minimum absolute atomic E-state index is 0.0556. The predicted octanol–water partition coefficient (Wildman–Crippen LogP) is 1.61. The summed E-state index contributed by atoms with van der Waals surface area (Å²) in [5, 5.41) is 0. The third kappa shape index (κ3) is 3.90. The molecule has 10 heavy (non-hydrogen) atoms. The molecule has 0 aliphatic carbocycles. The lowest BCUT2D eigenvalue weighted by molar-refractivity contribution is -0.118. The molecule has 1 atom stereocenters. The summed E-state index contributed by atoms with van der Waals surface area (Å²) in [5.74, 6) is 0.233. The second kappa shape index (κ2) is 5.74. The van der Waals surface area contributed by atoms with E-state index in [1.54, 1.807) is 6.92 Å². The van der Waals surface area contributed by atoms with Crippen LogP contribution in [0.2, 0.25) is 0 Å². The van der Waals surface area contributed by atoms with Crippen LogP contribution in [-0.2, 0) is 4.79 Å². The van der Waals surface area contributed by atoms with Gasteiger partial charge in [0.05, 0.1) is 6.04 Å². The lowest BCUT2D eigenvalue weighted by Crippen LogP contribution is -2.29. The number of rotatable bonds is 5. The summed E-state index contributed by atoms with van der Waals surface area (Å²) >= 11 is 1.51. The molecule has 3 heteroatoms. The molecule has 0 saturated heterocycles. The minimum atomic E-state index is 0.0556. The first-order chi connectivity index (χ1) is 4.72. The fraction of sp³-hybridized carbons (Fsp3) is 0.857. The smallest absolute Gasteiger partial charge is 0.147 e. The summed E-state index contributed by atoms with van der Waals surface area (Å²) in [6.07, 6.45) is 3.93. The molecule has 0 aromatic rings. The van der Waals surface area contributed by atoms with Gasteiger partial charge in [-0.15, -0.1) is 0 Å². The maximum absolute atomic E-state index is 10.8. The highest BCUT2D eigenvalue weighted by Gasteiger charge is 2.10. The van der Waals surface area contributed by atoms with E-state index in [-0.39, 0.29) is 11.8 Å². The standard InChI is InChI=1S/C7H15NOS/c1-4-5-7(6(2)9)8-10-3/h7-8H,4-5H2,1-3H3/t7-/m0/s1. The maximum Gasteiger partial charge on any atom is 0.147 e. The number of Topliss-reactive ketones (excluding diaryl/α,β-unsaturated/α-hetero) is 1. The monoisotopic (exact) mass is 161 g/mol. The van der Waals surface area contributed by atoms with Gasteiger partial charge in [-0.2, -0.15) is 0 Å². The van der Waals surface area contributed by atoms with Crippen molar-refractivity contribution in [2.45, 2.75) is 32.7 Å². The number of hydrogen-bond donors (Lipinski definition) is 1. The zero-order chi connectivity index (χ0) is 7.98. The summed E-state index contributed by atoms with van der Waals surface area (Å²) in [6, 6.07) is 0.0556. The summed E-state index contributed by atoms with van der Waals surface area (Å²) < 4.78 is 3.05. The molecule has 0 aliphatic rings. The average molecular weight is 161 g/mol. The Morgan fingerprint density at radius 3 is 2.60 bits per heavy atom. The van der Waals surface area contributed by atoms with Gasteiger partial charge < -0.3 is 0 Å². The van der Waals surface area contributed by atoms with E-state index in [0.717, 1.165) is 12.8 Å². The van der Waals surface area contributed by atoms with Gasteiger partial charge in [0.25, 0.3) is 0 Å². The van der Waals surface area contributed by atoms with Crippen molar-refractivity contribution in [2.24, 2.45) is 0 Å². The molecule has 1 N–H and O–H groups in total. The highest BCUT2D eigenvalue weighted by atomic mass is 32.2. The van der Waals surface area contributed by atoms with Gasteiger partial charge in [-0.1, -0.05) is 25.3 Å². The Morgan fingerprint density at radius 2 is 2.30 bits per heavy atom. The maximum atomic E-state index is 10.8. The quantitative estimate of drug-likeness (QED) is 0.621. The zero-order valence-corrected chi connectivity index (χ0v) is 7.62. The van der Waals surface area contributed by atoms with Crippen LogP contribution < -0.4 is 4.72 Å². The van der Waals surface area contributed by atoms with E-state index < -0.39 is 0 Å². The first-order valence-electron chi connectivity index (χ1n) is 3.51. The topological polar surface area (TPSA) is 29.1 Å². The molecule has 60 valence electrons. The summed E-state index contributed by atoms with van der Waals surface area (Å²) in [7, 11) is 0. The minimum Gasteiger partial charge on any atom is -0.298 e. The molecule has 0 aliphatic heterocycles. The van der Waals surface area contributed by atoms with Crippen molar-refractivity contribution in [3.05, 3.63) is 0 Å². The second-order valence-corrected chi connectivity index (χ2v) is 2.92. The lowest BCUT2D eigenvalue weighted by atomic mass is 10.1. The molecular weight excluding hydrogens is 146 g/mol. The number of ketones is 1. The van der Waals surface area contributed by atoms with E-state index in [1.807, 2.05) is 6.26 Å². The first-order valence-corrected chi connectivity index (χ1v) is 4.73. The Kier molecular flexibility index (Phi) is 5.73. The molecule has 0 rings (SSSR count). The van der Waals surface area contributed by atoms with Crippen LogP contribution in [0.3, 0.4) is 0 Å². The largest absolute Gasteiger partial charge is 0.298 e. The van der Waals surface area contributed by atoms with Crippen LogP contribution in [0, 0.1) is 0 Å². The van der Waals surface area contributed by atoms with Crippen molar-refractivity contribution in [1.29, 1.82) is 0 Å². The Bertz CT molecular complexity index is 99.8. The SMILES string of the molecule is CCC[C@H](NSC)C(C)=O. The number of carbonyl (C=O) groups is 1. The molecule has 0 saturated carbocycles. The summed E-state index contributed by atoms with van der Waals surface area (Å²) in [5.41, 5.74) is 0. The van der Waals surface area contributed by atoms with Crippen molar-refractivity contribution in [3.63, 3.8) is 0 Å². The fourth-order valence-corrected chi connectivity index (χ4v) is 1.34. The molecule has 0 radical (unpaired) electrons. The van der Waals surface area contributed by atoms with Crippen molar-refractivity contribution in [2.75, 3.05) is 6.26 Å². The van der Waals surface area contributed by atoms with Gasteiger partial charge in [-0.3, -0.25) is 9.52 Å². The van der Waals surface area contributed by atoms with E-state index in [9.17, 15) is 4.79 Å². The predicted molar refractivity (Wildman–Crippen MR) is 46.0 cm³/mol. The van der Waals surface area contributed by atoms with Gasteiger partial charge in [0.1, 0.15) is 5.78 Å². The van der Waals surface area contributed by atoms with Crippen LogP contribution >= 0.6 is 11.9 Å². The lowest BCUT2D eigenvalue weighted by Gasteiger charge is -2.11. The van der Waals surface area contributed by atoms with Crippen molar-refractivity contribution in [3.8, 4) is 0 Å². The molecule has 0 aromatic heterocycles. The number of nitrogens with one attached hydrogen (secondary N) is 1. The van der Waals surface area contributed by atoms with Gasteiger partial charge in [0.15, 0.2) is 0 Å². The third-order valence-corrected chi connectivity index (χ3v) is 1.85. The molecule has 0 heterocycles. The molecule has 0 aromatic carbocycles. The Morgan fingerprint density at radius 1 is 1.70 bits per heavy atom. The Balaban J connectivity index is 3.61. The van der Waals surface area contributed by atoms with Crippen LogP contribution in [0.5, 0.6) is 0 Å². The molecule has 2 nitrogen and oxygen atoms in total. The molecular formula is C7H15NOS. The zero-order valence-electron chi connectivity index (χ0n) is 6.81. The van der Waals surface area contributed by atoms with Crippen molar-refractivity contribution in [1.82, 2.24) is 4.72 Å². The number of carbonyl (C=O) groups excluding carboxylic acids is 1. The third-order valence-electron chi connectivity index (χ3n) is 1.33. The van der Waals surface area contributed by atoms with Crippen LogP contribution in [0.4, 0.5) is 0 Å². The Labute approximate surface area is 66.9 Å². The number of hydrogen-bond acceptors (Lipinski definition) is 3. The van der Waals surface area contributed by atoms with Crippen LogP contribution in [0.25, 0.3) is 0 Å². The van der Waals surface area contributed by atoms with Crippen molar-refractivity contribution >= 4 is 17.7 Å². The average Bonchev–Trinajstić information content (AvgIpc) is 1.87. The van der Waals surface area contributed by atoms with E-state index in [0.29, 0.717) is 0 Å². The normalized spacial score (nSPS) is 13.1. The molecule has 0 amide bonds. The van der Waals surface area contributed by atoms with Crippen LogP contribution in [0.1, 0.15) is 26.7 Å². The summed E-state index contributed by atoms with van der Waals surface area (Å²) in [6.45, 7) is 3.71. The van der Waals surface area contributed by atoms with Crippen LogP contribution in [0.15, 0.2) is 0 Å². The van der Waals surface area contributed by atoms with E-state index in [1.165, 1.54) is 11.9 Å². The van der Waals surface area contributed by atoms with E-state index in [4.69, 9.17) is 0 Å². The van der Waals surface area contributed by atoms with Gasteiger partial charge in [0, 0.05) is 0 Å². The van der Waals surface area contributed by atoms with Crippen LogP contribution in [-0.4, -0.2) is 18.1 Å². The highest BCUT2D eigenvalue weighted by Crippen LogP contribution is 2.00. The molecule has 0 fully saturated rings. The van der Waals surface area contributed by atoms with Gasteiger partial charge in [-0.05, 0) is 19.6 Å². The van der Waals surface area contributed by atoms with Gasteiger partial charge in [0.2, 0.25) is 0 Å². The molecule has 0 unspecified atom stereocenters. The van der Waals surface area contributed by atoms with Gasteiger partial charge >= 0.3 is 0 Å². The van der Waals surface area contributed by atoms with Gasteiger partial charge in [-0.25, -0.2) is 0 Å². The summed E-state index contributed by atoms with van der Waals surface area (Å²) in [4.78, 5) is 10.8. The molecule has 0 spiro atoms. The van der Waals surface area contributed by atoms with E-state index in [2.05, 4.69) is 11.6 Å². The molecule has 0 bridgehead atoms.